The zero-order valence-corrected chi connectivity index (χ0v) is 7.22. The Kier molecular flexibility index (Phi) is 2.73. The molecule has 1 rings (SSSR count). The standard InChI is InChI=1S/C7H9NO2S/c1-5-4-11-7(8-5)6(3-9)10-2/h3-4,6H,1-2H3. The highest BCUT2D eigenvalue weighted by atomic mass is 32.1. The number of rotatable bonds is 3. The first-order chi connectivity index (χ1) is 5.27. The summed E-state index contributed by atoms with van der Waals surface area (Å²) in [6.07, 6.45) is 0.256. The van der Waals surface area contributed by atoms with E-state index in [0.717, 1.165) is 17.0 Å². The molecule has 11 heavy (non-hydrogen) atoms. The Morgan fingerprint density at radius 2 is 2.55 bits per heavy atom. The largest absolute Gasteiger partial charge is 0.367 e. The summed E-state index contributed by atoms with van der Waals surface area (Å²) in [4.78, 5) is 14.5. The van der Waals surface area contributed by atoms with Gasteiger partial charge in [-0.2, -0.15) is 0 Å². The number of thiazole rings is 1. The van der Waals surface area contributed by atoms with Crippen molar-refractivity contribution < 1.29 is 9.53 Å². The predicted octanol–water partition coefficient (Wildman–Crippen LogP) is 1.34. The molecule has 4 heteroatoms. The zero-order chi connectivity index (χ0) is 8.27. The highest BCUT2D eigenvalue weighted by molar-refractivity contribution is 7.09. The number of carbonyl (C=O) groups excluding carboxylic acids is 1. The highest BCUT2D eigenvalue weighted by Gasteiger charge is 2.11. The van der Waals surface area contributed by atoms with Crippen LogP contribution in [0.4, 0.5) is 0 Å². The maximum absolute atomic E-state index is 10.4. The number of methoxy groups -OCH3 is 1. The Bertz CT molecular complexity index is 246. The van der Waals surface area contributed by atoms with Gasteiger partial charge in [0.05, 0.1) is 0 Å². The zero-order valence-electron chi connectivity index (χ0n) is 6.40. The van der Waals surface area contributed by atoms with E-state index in [-0.39, 0.29) is 0 Å². The molecule has 0 saturated heterocycles. The van der Waals surface area contributed by atoms with Gasteiger partial charge in [0.2, 0.25) is 0 Å². The number of hydrogen-bond donors (Lipinski definition) is 0. The van der Waals surface area contributed by atoms with Crippen molar-refractivity contribution in [2.75, 3.05) is 7.11 Å². The lowest BCUT2D eigenvalue weighted by molar-refractivity contribution is -0.116. The monoisotopic (exact) mass is 171 g/mol. The fourth-order valence-corrected chi connectivity index (χ4v) is 1.54. The molecule has 1 aromatic rings. The summed E-state index contributed by atoms with van der Waals surface area (Å²) in [6, 6.07) is 0. The van der Waals surface area contributed by atoms with Gasteiger partial charge in [-0.15, -0.1) is 11.3 Å². The van der Waals surface area contributed by atoms with E-state index in [4.69, 9.17) is 4.74 Å². The van der Waals surface area contributed by atoms with Crippen molar-refractivity contribution in [2.45, 2.75) is 13.0 Å². The smallest absolute Gasteiger partial charge is 0.164 e. The molecule has 0 amide bonds. The molecule has 1 unspecified atom stereocenters. The number of aryl methyl sites for hydroxylation is 1. The first-order valence-electron chi connectivity index (χ1n) is 3.18. The average Bonchev–Trinajstić information content (AvgIpc) is 2.39. The van der Waals surface area contributed by atoms with Crippen LogP contribution < -0.4 is 0 Å². The lowest BCUT2D eigenvalue weighted by Gasteiger charge is -2.01. The van der Waals surface area contributed by atoms with Crippen molar-refractivity contribution in [3.8, 4) is 0 Å². The van der Waals surface area contributed by atoms with E-state index in [2.05, 4.69) is 4.98 Å². The molecular formula is C7H9NO2S. The quantitative estimate of drug-likeness (QED) is 0.644. The topological polar surface area (TPSA) is 39.2 Å². The summed E-state index contributed by atoms with van der Waals surface area (Å²) in [6.45, 7) is 1.89. The van der Waals surface area contributed by atoms with E-state index in [0.29, 0.717) is 0 Å². The third kappa shape index (κ3) is 1.85. The van der Waals surface area contributed by atoms with Gasteiger partial charge in [0.25, 0.3) is 0 Å². The molecule has 1 atom stereocenters. The molecule has 0 bridgehead atoms. The lowest BCUT2D eigenvalue weighted by Crippen LogP contribution is -2.01. The van der Waals surface area contributed by atoms with Crippen molar-refractivity contribution in [3.05, 3.63) is 16.1 Å². The van der Waals surface area contributed by atoms with Crippen LogP contribution in [0, 0.1) is 6.92 Å². The molecule has 0 fully saturated rings. The summed E-state index contributed by atoms with van der Waals surface area (Å²) < 4.78 is 4.88. The van der Waals surface area contributed by atoms with E-state index >= 15 is 0 Å². The lowest BCUT2D eigenvalue weighted by atomic mass is 10.4. The van der Waals surface area contributed by atoms with Crippen molar-refractivity contribution in [1.29, 1.82) is 0 Å². The minimum Gasteiger partial charge on any atom is -0.367 e. The van der Waals surface area contributed by atoms with Gasteiger partial charge >= 0.3 is 0 Å². The van der Waals surface area contributed by atoms with E-state index in [1.54, 1.807) is 0 Å². The first kappa shape index (κ1) is 8.36. The summed E-state index contributed by atoms with van der Waals surface area (Å²) in [7, 11) is 1.50. The second-order valence-corrected chi connectivity index (χ2v) is 3.01. The summed E-state index contributed by atoms with van der Waals surface area (Å²) >= 11 is 1.44. The van der Waals surface area contributed by atoms with Gasteiger partial charge in [0, 0.05) is 18.2 Å². The molecule has 0 N–H and O–H groups in total. The molecule has 0 aliphatic heterocycles. The minimum absolute atomic E-state index is 0.492. The fourth-order valence-electron chi connectivity index (χ4n) is 0.717. The van der Waals surface area contributed by atoms with Gasteiger partial charge in [-0.1, -0.05) is 0 Å². The predicted molar refractivity (Wildman–Crippen MR) is 42.7 cm³/mol. The van der Waals surface area contributed by atoms with Crippen molar-refractivity contribution >= 4 is 17.6 Å². The van der Waals surface area contributed by atoms with Crippen LogP contribution in [-0.2, 0) is 9.53 Å². The van der Waals surface area contributed by atoms with Gasteiger partial charge < -0.3 is 4.74 Å². The van der Waals surface area contributed by atoms with Crippen LogP contribution in [0.15, 0.2) is 5.38 Å². The van der Waals surface area contributed by atoms with Gasteiger partial charge in [-0.25, -0.2) is 4.98 Å². The van der Waals surface area contributed by atoms with Gasteiger partial charge in [0.15, 0.2) is 12.4 Å². The maximum atomic E-state index is 10.4. The minimum atomic E-state index is -0.492. The van der Waals surface area contributed by atoms with E-state index < -0.39 is 6.10 Å². The Labute approximate surface area is 69.0 Å². The number of aromatic nitrogens is 1. The summed E-state index contributed by atoms with van der Waals surface area (Å²) in [5.74, 6) is 0. The van der Waals surface area contributed by atoms with Crippen LogP contribution in [0.3, 0.4) is 0 Å². The highest BCUT2D eigenvalue weighted by Crippen LogP contribution is 2.18. The van der Waals surface area contributed by atoms with Crippen LogP contribution in [0.5, 0.6) is 0 Å². The normalized spacial score (nSPS) is 12.9. The fraction of sp³-hybridized carbons (Fsp3) is 0.429. The van der Waals surface area contributed by atoms with Crippen LogP contribution >= 0.6 is 11.3 Å². The van der Waals surface area contributed by atoms with Crippen molar-refractivity contribution in [1.82, 2.24) is 4.98 Å². The number of hydrogen-bond acceptors (Lipinski definition) is 4. The van der Waals surface area contributed by atoms with Crippen molar-refractivity contribution in [2.24, 2.45) is 0 Å². The molecule has 60 valence electrons. The summed E-state index contributed by atoms with van der Waals surface area (Å²) in [5, 5.41) is 2.62. The van der Waals surface area contributed by atoms with E-state index in [1.165, 1.54) is 18.4 Å². The van der Waals surface area contributed by atoms with Crippen LogP contribution in [0.1, 0.15) is 16.8 Å². The average molecular weight is 171 g/mol. The van der Waals surface area contributed by atoms with Crippen LogP contribution in [0.2, 0.25) is 0 Å². The van der Waals surface area contributed by atoms with E-state index in [1.807, 2.05) is 12.3 Å². The molecular weight excluding hydrogens is 162 g/mol. The summed E-state index contributed by atoms with van der Waals surface area (Å²) in [5.41, 5.74) is 0.925. The molecule has 0 aromatic carbocycles. The van der Waals surface area contributed by atoms with Crippen molar-refractivity contribution in [3.63, 3.8) is 0 Å². The Hall–Kier alpha value is -0.740. The third-order valence-corrected chi connectivity index (χ3v) is 2.28. The Morgan fingerprint density at radius 1 is 1.82 bits per heavy atom. The van der Waals surface area contributed by atoms with Gasteiger partial charge in [-0.3, -0.25) is 4.79 Å². The second kappa shape index (κ2) is 3.59. The Morgan fingerprint density at radius 3 is 2.91 bits per heavy atom. The molecule has 1 aromatic heterocycles. The molecule has 3 nitrogen and oxygen atoms in total. The Balaban J connectivity index is 2.81. The molecule has 0 spiro atoms. The number of nitrogens with zero attached hydrogens (tertiary/aromatic N) is 1. The number of carbonyl (C=O) groups is 1. The second-order valence-electron chi connectivity index (χ2n) is 2.12. The van der Waals surface area contributed by atoms with Crippen LogP contribution in [-0.4, -0.2) is 18.4 Å². The third-order valence-electron chi connectivity index (χ3n) is 1.26. The van der Waals surface area contributed by atoms with E-state index in [9.17, 15) is 4.79 Å². The molecule has 0 radical (unpaired) electrons. The SMILES string of the molecule is COC(C=O)c1nc(C)cs1. The molecule has 1 heterocycles. The van der Waals surface area contributed by atoms with Crippen LogP contribution in [0.25, 0.3) is 0 Å². The first-order valence-corrected chi connectivity index (χ1v) is 4.06. The molecule has 0 aliphatic rings. The number of ether oxygens (including phenoxy) is 1. The van der Waals surface area contributed by atoms with Gasteiger partial charge in [0.1, 0.15) is 5.01 Å². The maximum Gasteiger partial charge on any atom is 0.164 e. The number of aldehydes is 1. The molecule has 0 aliphatic carbocycles. The molecule has 0 saturated carbocycles. The van der Waals surface area contributed by atoms with Gasteiger partial charge in [-0.05, 0) is 6.92 Å².